The van der Waals surface area contributed by atoms with Crippen LogP contribution in [0.4, 0.5) is 0 Å². The Labute approximate surface area is 78.2 Å². The molecule has 0 aliphatic carbocycles. The molecule has 0 spiro atoms. The number of aromatic nitrogens is 1. The summed E-state index contributed by atoms with van der Waals surface area (Å²) in [6.45, 7) is 4.31. The van der Waals surface area contributed by atoms with Crippen LogP contribution in [0.15, 0.2) is 18.3 Å². The lowest BCUT2D eigenvalue weighted by Crippen LogP contribution is -1.89. The molecule has 1 nitrogen and oxygen atoms in total. The predicted octanol–water partition coefficient (Wildman–Crippen LogP) is 2.79. The van der Waals surface area contributed by atoms with E-state index < -0.39 is 0 Å². The molecule has 0 amide bonds. The van der Waals surface area contributed by atoms with E-state index in [-0.39, 0.29) is 9.90 Å². The zero-order chi connectivity index (χ0) is 8.10. The Balaban J connectivity index is 0.00000121. The fourth-order valence-corrected chi connectivity index (χ4v) is 1.09. The van der Waals surface area contributed by atoms with Crippen molar-refractivity contribution in [2.45, 2.75) is 33.1 Å². The van der Waals surface area contributed by atoms with Crippen molar-refractivity contribution in [3.05, 3.63) is 29.6 Å². The van der Waals surface area contributed by atoms with Gasteiger partial charge in [0, 0.05) is 11.9 Å². The third-order valence-corrected chi connectivity index (χ3v) is 1.76. The van der Waals surface area contributed by atoms with Crippen LogP contribution in [0.25, 0.3) is 0 Å². The first kappa shape index (κ1) is 11.6. The minimum Gasteiger partial charge on any atom is -0.261 e. The molecule has 68 valence electrons. The lowest BCUT2D eigenvalue weighted by molar-refractivity contribution is 0.776. The van der Waals surface area contributed by atoms with Crippen molar-refractivity contribution in [1.82, 2.24) is 4.98 Å². The molecule has 0 aliphatic heterocycles. The Morgan fingerprint density at radius 2 is 2.17 bits per heavy atom. The first-order valence-corrected chi connectivity index (χ1v) is 4.24. The van der Waals surface area contributed by atoms with Gasteiger partial charge in [-0.05, 0) is 37.5 Å². The van der Waals surface area contributed by atoms with Crippen LogP contribution < -0.4 is 0 Å². The van der Waals surface area contributed by atoms with Crippen molar-refractivity contribution in [1.29, 1.82) is 0 Å². The second-order valence-corrected chi connectivity index (χ2v) is 2.93. The molecule has 1 aromatic heterocycles. The Morgan fingerprint density at radius 1 is 1.42 bits per heavy atom. The minimum atomic E-state index is 0. The molecular formula is C10H18NP. The summed E-state index contributed by atoms with van der Waals surface area (Å²) in [7, 11) is 0. The normalized spacial score (nSPS) is 9.17. The van der Waals surface area contributed by atoms with Crippen molar-refractivity contribution < 1.29 is 0 Å². The van der Waals surface area contributed by atoms with Crippen LogP contribution in [0.2, 0.25) is 0 Å². The molecular weight excluding hydrogens is 165 g/mol. The molecule has 0 N–H and O–H groups in total. The smallest absolute Gasteiger partial charge is 0.0406 e. The SMILES string of the molecule is CCCCc1cc(C)ccn1.P. The Hall–Kier alpha value is -0.420. The third-order valence-electron chi connectivity index (χ3n) is 1.76. The Bertz CT molecular complexity index is 223. The van der Waals surface area contributed by atoms with E-state index in [1.807, 2.05) is 12.3 Å². The van der Waals surface area contributed by atoms with Gasteiger partial charge in [-0.25, -0.2) is 0 Å². The highest BCUT2D eigenvalue weighted by molar-refractivity contribution is 6.92. The Kier molecular flexibility index (Phi) is 5.92. The van der Waals surface area contributed by atoms with Crippen LogP contribution >= 0.6 is 9.90 Å². The highest BCUT2D eigenvalue weighted by atomic mass is 31.0. The molecule has 0 aromatic carbocycles. The monoisotopic (exact) mass is 183 g/mol. The summed E-state index contributed by atoms with van der Waals surface area (Å²) in [5.41, 5.74) is 2.54. The van der Waals surface area contributed by atoms with Crippen LogP contribution in [0.5, 0.6) is 0 Å². The fourth-order valence-electron chi connectivity index (χ4n) is 1.09. The summed E-state index contributed by atoms with van der Waals surface area (Å²) in [5.74, 6) is 0. The lowest BCUT2D eigenvalue weighted by atomic mass is 10.1. The van der Waals surface area contributed by atoms with Crippen molar-refractivity contribution in [2.24, 2.45) is 0 Å². The average Bonchev–Trinajstić information content (AvgIpc) is 2.01. The zero-order valence-corrected chi connectivity index (χ0v) is 9.42. The molecule has 0 saturated heterocycles. The second-order valence-electron chi connectivity index (χ2n) is 2.93. The third kappa shape index (κ3) is 3.82. The average molecular weight is 183 g/mol. The molecule has 0 saturated carbocycles. The summed E-state index contributed by atoms with van der Waals surface area (Å²) in [4.78, 5) is 4.28. The summed E-state index contributed by atoms with van der Waals surface area (Å²) < 4.78 is 0. The van der Waals surface area contributed by atoms with Gasteiger partial charge in [-0.2, -0.15) is 9.90 Å². The van der Waals surface area contributed by atoms with E-state index in [1.54, 1.807) is 0 Å². The van der Waals surface area contributed by atoms with Gasteiger partial charge in [0.2, 0.25) is 0 Å². The van der Waals surface area contributed by atoms with Gasteiger partial charge in [0.15, 0.2) is 0 Å². The van der Waals surface area contributed by atoms with Crippen LogP contribution in [0.1, 0.15) is 31.0 Å². The van der Waals surface area contributed by atoms with Crippen molar-refractivity contribution in [3.63, 3.8) is 0 Å². The molecule has 2 heteroatoms. The topological polar surface area (TPSA) is 12.9 Å². The molecule has 0 aliphatic rings. The predicted molar refractivity (Wildman–Crippen MR) is 58.7 cm³/mol. The molecule has 1 atom stereocenters. The molecule has 0 bridgehead atoms. The first-order valence-electron chi connectivity index (χ1n) is 4.24. The van der Waals surface area contributed by atoms with Gasteiger partial charge in [0.1, 0.15) is 0 Å². The fraction of sp³-hybridized carbons (Fsp3) is 0.500. The number of hydrogen-bond donors (Lipinski definition) is 0. The van der Waals surface area contributed by atoms with Crippen LogP contribution in [-0.4, -0.2) is 4.98 Å². The number of unbranched alkanes of at least 4 members (excludes halogenated alkanes) is 1. The number of aryl methyl sites for hydroxylation is 2. The molecule has 1 unspecified atom stereocenters. The first-order chi connectivity index (χ1) is 5.33. The van der Waals surface area contributed by atoms with E-state index >= 15 is 0 Å². The van der Waals surface area contributed by atoms with E-state index in [0.717, 1.165) is 6.42 Å². The van der Waals surface area contributed by atoms with E-state index in [9.17, 15) is 0 Å². The second kappa shape index (κ2) is 6.14. The van der Waals surface area contributed by atoms with E-state index in [4.69, 9.17) is 0 Å². The largest absolute Gasteiger partial charge is 0.261 e. The van der Waals surface area contributed by atoms with E-state index in [2.05, 4.69) is 24.9 Å². The number of rotatable bonds is 3. The standard InChI is InChI=1S/C10H15N.H3P/c1-3-4-5-10-8-9(2)6-7-11-10;/h6-8H,3-5H2,1-2H3;1H3. The highest BCUT2D eigenvalue weighted by Gasteiger charge is 1.92. The van der Waals surface area contributed by atoms with Crippen molar-refractivity contribution in [2.75, 3.05) is 0 Å². The molecule has 1 heterocycles. The number of pyridine rings is 1. The highest BCUT2D eigenvalue weighted by Crippen LogP contribution is 2.03. The van der Waals surface area contributed by atoms with Gasteiger partial charge < -0.3 is 0 Å². The van der Waals surface area contributed by atoms with Gasteiger partial charge >= 0.3 is 0 Å². The van der Waals surface area contributed by atoms with Gasteiger partial charge in [-0.15, -0.1) is 0 Å². The van der Waals surface area contributed by atoms with Crippen molar-refractivity contribution in [3.8, 4) is 0 Å². The molecule has 1 rings (SSSR count). The van der Waals surface area contributed by atoms with E-state index in [0.29, 0.717) is 0 Å². The molecule has 0 radical (unpaired) electrons. The summed E-state index contributed by atoms with van der Waals surface area (Å²) in [6, 6.07) is 4.20. The van der Waals surface area contributed by atoms with Gasteiger partial charge in [0.05, 0.1) is 0 Å². The van der Waals surface area contributed by atoms with Crippen LogP contribution in [0, 0.1) is 6.92 Å². The number of nitrogens with zero attached hydrogens (tertiary/aromatic N) is 1. The van der Waals surface area contributed by atoms with Gasteiger partial charge in [0.25, 0.3) is 0 Å². The maximum atomic E-state index is 4.28. The molecule has 12 heavy (non-hydrogen) atoms. The summed E-state index contributed by atoms with van der Waals surface area (Å²) in [5, 5.41) is 0. The molecule has 1 aromatic rings. The van der Waals surface area contributed by atoms with Gasteiger partial charge in [-0.3, -0.25) is 4.98 Å². The quantitative estimate of drug-likeness (QED) is 0.656. The summed E-state index contributed by atoms with van der Waals surface area (Å²) >= 11 is 0. The maximum Gasteiger partial charge on any atom is 0.0406 e. The van der Waals surface area contributed by atoms with Crippen LogP contribution in [-0.2, 0) is 6.42 Å². The van der Waals surface area contributed by atoms with Crippen LogP contribution in [0.3, 0.4) is 0 Å². The zero-order valence-electron chi connectivity index (χ0n) is 8.01. The summed E-state index contributed by atoms with van der Waals surface area (Å²) in [6.07, 6.45) is 5.50. The number of hydrogen-bond acceptors (Lipinski definition) is 1. The van der Waals surface area contributed by atoms with Crippen molar-refractivity contribution >= 4 is 9.90 Å². The maximum absolute atomic E-state index is 4.28. The Morgan fingerprint density at radius 3 is 2.75 bits per heavy atom. The van der Waals surface area contributed by atoms with Gasteiger partial charge in [-0.1, -0.05) is 13.3 Å². The molecule has 0 fully saturated rings. The van der Waals surface area contributed by atoms with E-state index in [1.165, 1.54) is 24.1 Å². The minimum absolute atomic E-state index is 0. The lowest BCUT2D eigenvalue weighted by Gasteiger charge is -1.98.